The SMILES string of the molecule is OCCN(CCO)c1ccc(Cl)cn1. The lowest BCUT2D eigenvalue weighted by molar-refractivity contribution is 0.280. The highest BCUT2D eigenvalue weighted by Gasteiger charge is 2.05. The minimum atomic E-state index is 0.0321. The maximum Gasteiger partial charge on any atom is 0.128 e. The fourth-order valence-corrected chi connectivity index (χ4v) is 1.25. The summed E-state index contributed by atoms with van der Waals surface area (Å²) in [5.41, 5.74) is 0. The van der Waals surface area contributed by atoms with Gasteiger partial charge in [-0.3, -0.25) is 0 Å². The monoisotopic (exact) mass is 216 g/mol. The molecule has 0 unspecified atom stereocenters. The molecule has 0 atom stereocenters. The van der Waals surface area contributed by atoms with Crippen LogP contribution in [0, 0.1) is 0 Å². The number of hydrogen-bond donors (Lipinski definition) is 2. The van der Waals surface area contributed by atoms with E-state index in [1.54, 1.807) is 23.2 Å². The van der Waals surface area contributed by atoms with Crippen molar-refractivity contribution in [1.29, 1.82) is 0 Å². The van der Waals surface area contributed by atoms with Gasteiger partial charge in [0.05, 0.1) is 18.2 Å². The zero-order valence-electron chi connectivity index (χ0n) is 7.73. The van der Waals surface area contributed by atoms with Crippen molar-refractivity contribution in [2.24, 2.45) is 0 Å². The Morgan fingerprint density at radius 1 is 1.21 bits per heavy atom. The van der Waals surface area contributed by atoms with Crippen LogP contribution in [0.15, 0.2) is 18.3 Å². The number of hydrogen-bond acceptors (Lipinski definition) is 4. The number of halogens is 1. The Balaban J connectivity index is 2.71. The van der Waals surface area contributed by atoms with E-state index in [4.69, 9.17) is 21.8 Å². The largest absolute Gasteiger partial charge is 0.395 e. The van der Waals surface area contributed by atoms with Crippen LogP contribution in [-0.2, 0) is 0 Å². The summed E-state index contributed by atoms with van der Waals surface area (Å²) < 4.78 is 0. The molecule has 1 heterocycles. The lowest BCUT2D eigenvalue weighted by atomic mass is 10.4. The molecule has 2 N–H and O–H groups in total. The molecule has 0 saturated heterocycles. The first-order chi connectivity index (χ1) is 6.77. The molecule has 0 aliphatic heterocycles. The van der Waals surface area contributed by atoms with Crippen molar-refractivity contribution < 1.29 is 10.2 Å². The molecule has 1 aromatic heterocycles. The van der Waals surface area contributed by atoms with Crippen molar-refractivity contribution >= 4 is 17.4 Å². The lowest BCUT2D eigenvalue weighted by Gasteiger charge is -2.21. The van der Waals surface area contributed by atoms with E-state index < -0.39 is 0 Å². The van der Waals surface area contributed by atoms with Gasteiger partial charge in [-0.25, -0.2) is 4.98 Å². The van der Waals surface area contributed by atoms with E-state index in [1.165, 1.54) is 0 Å². The van der Waals surface area contributed by atoms with Gasteiger partial charge in [-0.15, -0.1) is 0 Å². The van der Waals surface area contributed by atoms with Crippen molar-refractivity contribution in [2.45, 2.75) is 0 Å². The Hall–Kier alpha value is -0.840. The zero-order valence-corrected chi connectivity index (χ0v) is 8.48. The summed E-state index contributed by atoms with van der Waals surface area (Å²) in [5, 5.41) is 18.2. The van der Waals surface area contributed by atoms with Crippen LogP contribution in [0.3, 0.4) is 0 Å². The van der Waals surface area contributed by atoms with E-state index in [0.717, 1.165) is 0 Å². The van der Waals surface area contributed by atoms with Crippen LogP contribution < -0.4 is 4.90 Å². The Labute approximate surface area is 87.8 Å². The molecule has 0 bridgehead atoms. The minimum absolute atomic E-state index is 0.0321. The number of rotatable bonds is 5. The summed E-state index contributed by atoms with van der Waals surface area (Å²) in [4.78, 5) is 5.88. The van der Waals surface area contributed by atoms with Gasteiger partial charge in [-0.05, 0) is 12.1 Å². The zero-order chi connectivity index (χ0) is 10.4. The molecule has 0 saturated carbocycles. The molecule has 0 radical (unpaired) electrons. The molecule has 0 aliphatic carbocycles. The fourth-order valence-electron chi connectivity index (χ4n) is 1.14. The number of aliphatic hydroxyl groups is 2. The number of pyridine rings is 1. The predicted octanol–water partition coefficient (Wildman–Crippen LogP) is 0.526. The highest BCUT2D eigenvalue weighted by molar-refractivity contribution is 6.30. The second kappa shape index (κ2) is 5.80. The quantitative estimate of drug-likeness (QED) is 0.754. The van der Waals surface area contributed by atoms with Gasteiger partial charge in [-0.1, -0.05) is 11.6 Å². The number of aromatic nitrogens is 1. The molecule has 0 fully saturated rings. The molecule has 0 amide bonds. The normalized spacial score (nSPS) is 10.2. The second-order valence-corrected chi connectivity index (χ2v) is 3.21. The summed E-state index contributed by atoms with van der Waals surface area (Å²) in [6.45, 7) is 0.971. The molecule has 1 rings (SSSR count). The summed E-state index contributed by atoms with van der Waals surface area (Å²) >= 11 is 5.69. The summed E-state index contributed by atoms with van der Waals surface area (Å²) in [7, 11) is 0. The number of aliphatic hydroxyl groups excluding tert-OH is 2. The average molecular weight is 217 g/mol. The van der Waals surface area contributed by atoms with Crippen LogP contribution >= 0.6 is 11.6 Å². The second-order valence-electron chi connectivity index (χ2n) is 2.77. The molecular weight excluding hydrogens is 204 g/mol. The van der Waals surface area contributed by atoms with Crippen molar-refractivity contribution in [3.8, 4) is 0 Å². The van der Waals surface area contributed by atoms with Crippen LogP contribution in [0.2, 0.25) is 5.02 Å². The van der Waals surface area contributed by atoms with Gasteiger partial charge in [0.25, 0.3) is 0 Å². The number of nitrogens with zero attached hydrogens (tertiary/aromatic N) is 2. The van der Waals surface area contributed by atoms with Gasteiger partial charge in [-0.2, -0.15) is 0 Å². The van der Waals surface area contributed by atoms with Crippen LogP contribution in [-0.4, -0.2) is 41.5 Å². The molecule has 4 nitrogen and oxygen atoms in total. The third kappa shape index (κ3) is 3.14. The summed E-state index contributed by atoms with van der Waals surface area (Å²) in [6, 6.07) is 3.49. The maximum absolute atomic E-state index is 8.80. The smallest absolute Gasteiger partial charge is 0.128 e. The van der Waals surface area contributed by atoms with Gasteiger partial charge in [0, 0.05) is 19.3 Å². The third-order valence-corrected chi connectivity index (χ3v) is 2.00. The first-order valence-electron chi connectivity index (χ1n) is 4.36. The number of anilines is 1. The van der Waals surface area contributed by atoms with Crippen molar-refractivity contribution in [1.82, 2.24) is 4.98 Å². The average Bonchev–Trinajstić information content (AvgIpc) is 2.19. The third-order valence-electron chi connectivity index (χ3n) is 1.78. The lowest BCUT2D eigenvalue weighted by Crippen LogP contribution is -2.30. The van der Waals surface area contributed by atoms with Crippen LogP contribution in [0.1, 0.15) is 0 Å². The van der Waals surface area contributed by atoms with E-state index in [1.807, 2.05) is 0 Å². The van der Waals surface area contributed by atoms with E-state index in [2.05, 4.69) is 4.98 Å². The molecular formula is C9H13ClN2O2. The van der Waals surface area contributed by atoms with E-state index in [-0.39, 0.29) is 13.2 Å². The topological polar surface area (TPSA) is 56.6 Å². The fraction of sp³-hybridized carbons (Fsp3) is 0.444. The molecule has 0 spiro atoms. The van der Waals surface area contributed by atoms with Crippen LogP contribution in [0.25, 0.3) is 0 Å². The molecule has 0 aromatic carbocycles. The Bertz CT molecular complexity index is 260. The van der Waals surface area contributed by atoms with Gasteiger partial charge < -0.3 is 15.1 Å². The minimum Gasteiger partial charge on any atom is -0.395 e. The molecule has 14 heavy (non-hydrogen) atoms. The molecule has 1 aromatic rings. The van der Waals surface area contributed by atoms with Gasteiger partial charge in [0.1, 0.15) is 5.82 Å². The molecule has 0 aliphatic rings. The van der Waals surface area contributed by atoms with Crippen molar-refractivity contribution in [3.05, 3.63) is 23.4 Å². The van der Waals surface area contributed by atoms with Crippen molar-refractivity contribution in [3.63, 3.8) is 0 Å². The van der Waals surface area contributed by atoms with E-state index in [9.17, 15) is 0 Å². The standard InChI is InChI=1S/C9H13ClN2O2/c10-8-1-2-9(11-7-8)12(3-5-13)4-6-14/h1-2,7,13-14H,3-6H2. The molecule has 5 heteroatoms. The van der Waals surface area contributed by atoms with E-state index in [0.29, 0.717) is 23.9 Å². The Morgan fingerprint density at radius 2 is 1.86 bits per heavy atom. The van der Waals surface area contributed by atoms with E-state index >= 15 is 0 Å². The maximum atomic E-state index is 8.80. The predicted molar refractivity (Wildman–Crippen MR) is 55.6 cm³/mol. The molecule has 78 valence electrons. The van der Waals surface area contributed by atoms with Gasteiger partial charge >= 0.3 is 0 Å². The van der Waals surface area contributed by atoms with Crippen LogP contribution in [0.4, 0.5) is 5.82 Å². The Kier molecular flexibility index (Phi) is 4.65. The van der Waals surface area contributed by atoms with Crippen LogP contribution in [0.5, 0.6) is 0 Å². The Morgan fingerprint density at radius 3 is 2.29 bits per heavy atom. The van der Waals surface area contributed by atoms with Gasteiger partial charge in [0.2, 0.25) is 0 Å². The highest BCUT2D eigenvalue weighted by atomic mass is 35.5. The summed E-state index contributed by atoms with van der Waals surface area (Å²) in [5.74, 6) is 0.706. The first-order valence-corrected chi connectivity index (χ1v) is 4.74. The first kappa shape index (κ1) is 11.2. The van der Waals surface area contributed by atoms with Crippen molar-refractivity contribution in [2.75, 3.05) is 31.2 Å². The van der Waals surface area contributed by atoms with Gasteiger partial charge in [0.15, 0.2) is 0 Å². The highest BCUT2D eigenvalue weighted by Crippen LogP contribution is 2.13. The summed E-state index contributed by atoms with van der Waals surface area (Å²) in [6.07, 6.45) is 1.54.